The van der Waals surface area contributed by atoms with Gasteiger partial charge in [0.25, 0.3) is 0 Å². The van der Waals surface area contributed by atoms with Gasteiger partial charge in [-0.25, -0.2) is 4.79 Å². The second-order valence-corrected chi connectivity index (χ2v) is 5.59. The van der Waals surface area contributed by atoms with Gasteiger partial charge in [-0.2, -0.15) is 0 Å². The van der Waals surface area contributed by atoms with Crippen LogP contribution in [0.25, 0.3) is 0 Å². The minimum absolute atomic E-state index is 0.0234. The molecule has 0 aromatic heterocycles. The molecule has 2 unspecified atom stereocenters. The van der Waals surface area contributed by atoms with Gasteiger partial charge in [0.15, 0.2) is 0 Å². The Hall–Kier alpha value is -1.75. The van der Waals surface area contributed by atoms with E-state index in [0.717, 1.165) is 29.7 Å². The van der Waals surface area contributed by atoms with Crippen LogP contribution in [0.4, 0.5) is 4.79 Å². The van der Waals surface area contributed by atoms with E-state index in [9.17, 15) is 9.90 Å². The van der Waals surface area contributed by atoms with Crippen molar-refractivity contribution >= 4 is 6.03 Å². The fourth-order valence-corrected chi connectivity index (χ4v) is 2.83. The molecular weight excluding hydrogens is 268 g/mol. The van der Waals surface area contributed by atoms with E-state index in [-0.39, 0.29) is 24.7 Å². The van der Waals surface area contributed by atoms with E-state index < -0.39 is 0 Å². The Morgan fingerprint density at radius 2 is 2.33 bits per heavy atom. The van der Waals surface area contributed by atoms with E-state index >= 15 is 0 Å². The van der Waals surface area contributed by atoms with Gasteiger partial charge in [0.05, 0.1) is 25.8 Å². The minimum Gasteiger partial charge on any atom is -0.496 e. The first-order valence-electron chi connectivity index (χ1n) is 7.39. The lowest BCUT2D eigenvalue weighted by Gasteiger charge is -2.26. The highest BCUT2D eigenvalue weighted by molar-refractivity contribution is 5.75. The highest BCUT2D eigenvalue weighted by Crippen LogP contribution is 2.26. The number of nitrogens with one attached hydrogen (secondary N) is 1. The SMILES string of the molecule is COc1ccc(C)cc1C(C)NC(=O)N1CCCC1CO. The van der Waals surface area contributed by atoms with E-state index in [0.29, 0.717) is 6.54 Å². The van der Waals surface area contributed by atoms with Crippen LogP contribution in [0, 0.1) is 6.92 Å². The molecule has 5 heteroatoms. The summed E-state index contributed by atoms with van der Waals surface area (Å²) in [5, 5.41) is 12.3. The number of urea groups is 1. The van der Waals surface area contributed by atoms with E-state index in [4.69, 9.17) is 4.74 Å². The van der Waals surface area contributed by atoms with Gasteiger partial charge in [0.2, 0.25) is 0 Å². The number of likely N-dealkylation sites (tertiary alicyclic amines) is 1. The summed E-state index contributed by atoms with van der Waals surface area (Å²) >= 11 is 0. The zero-order chi connectivity index (χ0) is 15.4. The van der Waals surface area contributed by atoms with Gasteiger partial charge in [-0.15, -0.1) is 0 Å². The number of rotatable bonds is 4. The number of aliphatic hydroxyl groups excluding tert-OH is 1. The van der Waals surface area contributed by atoms with Crippen molar-refractivity contribution in [3.05, 3.63) is 29.3 Å². The molecule has 2 rings (SSSR count). The predicted molar refractivity (Wildman–Crippen MR) is 81.5 cm³/mol. The Balaban J connectivity index is 2.09. The first kappa shape index (κ1) is 15.6. The van der Waals surface area contributed by atoms with Gasteiger partial charge >= 0.3 is 6.03 Å². The van der Waals surface area contributed by atoms with Gasteiger partial charge in [-0.05, 0) is 32.8 Å². The number of hydrogen-bond donors (Lipinski definition) is 2. The molecule has 1 aliphatic rings. The van der Waals surface area contributed by atoms with Gasteiger partial charge in [0.1, 0.15) is 5.75 Å². The number of nitrogens with zero attached hydrogens (tertiary/aromatic N) is 1. The molecule has 1 heterocycles. The molecule has 1 aromatic carbocycles. The van der Waals surface area contributed by atoms with Crippen LogP contribution in [0.3, 0.4) is 0 Å². The second-order valence-electron chi connectivity index (χ2n) is 5.59. The van der Waals surface area contributed by atoms with Crippen molar-refractivity contribution < 1.29 is 14.6 Å². The molecule has 1 saturated heterocycles. The van der Waals surface area contributed by atoms with E-state index in [1.165, 1.54) is 0 Å². The molecule has 2 amide bonds. The summed E-state index contributed by atoms with van der Waals surface area (Å²) in [4.78, 5) is 14.1. The summed E-state index contributed by atoms with van der Waals surface area (Å²) in [5.41, 5.74) is 2.09. The molecule has 0 radical (unpaired) electrons. The summed E-state index contributed by atoms with van der Waals surface area (Å²) in [5.74, 6) is 0.772. The van der Waals surface area contributed by atoms with Crippen LogP contribution in [0.2, 0.25) is 0 Å². The second kappa shape index (κ2) is 6.80. The molecule has 1 aliphatic heterocycles. The molecule has 2 N–H and O–H groups in total. The fraction of sp³-hybridized carbons (Fsp3) is 0.562. The smallest absolute Gasteiger partial charge is 0.318 e. The molecule has 116 valence electrons. The van der Waals surface area contributed by atoms with E-state index in [1.807, 2.05) is 32.0 Å². The zero-order valence-electron chi connectivity index (χ0n) is 12.9. The number of benzene rings is 1. The summed E-state index contributed by atoms with van der Waals surface area (Å²) < 4.78 is 5.37. The fourth-order valence-electron chi connectivity index (χ4n) is 2.83. The topological polar surface area (TPSA) is 61.8 Å². The average Bonchev–Trinajstić information content (AvgIpc) is 2.95. The van der Waals surface area contributed by atoms with Crippen LogP contribution in [0.5, 0.6) is 5.75 Å². The number of methoxy groups -OCH3 is 1. The summed E-state index contributed by atoms with van der Waals surface area (Å²) in [6, 6.07) is 5.60. The van der Waals surface area contributed by atoms with Crippen LogP contribution in [-0.2, 0) is 0 Å². The van der Waals surface area contributed by atoms with Crippen molar-refractivity contribution in [1.29, 1.82) is 0 Å². The standard InChI is InChI=1S/C16H24N2O3/c1-11-6-7-15(21-3)14(9-11)12(2)17-16(20)18-8-4-5-13(18)10-19/h6-7,9,12-13,19H,4-5,8,10H2,1-3H3,(H,17,20). The third kappa shape index (κ3) is 3.47. The summed E-state index contributed by atoms with van der Waals surface area (Å²) in [7, 11) is 1.63. The number of aliphatic hydroxyl groups is 1. The van der Waals surface area contributed by atoms with Crippen molar-refractivity contribution in [2.24, 2.45) is 0 Å². The maximum absolute atomic E-state index is 12.3. The number of carbonyl (C=O) groups is 1. The zero-order valence-corrected chi connectivity index (χ0v) is 12.9. The number of aryl methyl sites for hydroxylation is 1. The Labute approximate surface area is 125 Å². The van der Waals surface area contributed by atoms with Crippen molar-refractivity contribution in [2.75, 3.05) is 20.3 Å². The Morgan fingerprint density at radius 1 is 1.57 bits per heavy atom. The predicted octanol–water partition coefficient (Wildman–Crippen LogP) is 2.23. The Bertz CT molecular complexity index is 504. The third-order valence-electron chi connectivity index (χ3n) is 4.04. The highest BCUT2D eigenvalue weighted by Gasteiger charge is 2.29. The highest BCUT2D eigenvalue weighted by atomic mass is 16.5. The third-order valence-corrected chi connectivity index (χ3v) is 4.04. The maximum Gasteiger partial charge on any atom is 0.318 e. The van der Waals surface area contributed by atoms with Crippen molar-refractivity contribution in [3.63, 3.8) is 0 Å². The lowest BCUT2D eigenvalue weighted by Crippen LogP contribution is -2.44. The van der Waals surface area contributed by atoms with E-state index in [1.54, 1.807) is 12.0 Å². The molecule has 0 spiro atoms. The van der Waals surface area contributed by atoms with Crippen LogP contribution in [-0.4, -0.2) is 42.3 Å². The monoisotopic (exact) mass is 292 g/mol. The molecule has 0 bridgehead atoms. The van der Waals surface area contributed by atoms with Crippen molar-refractivity contribution in [1.82, 2.24) is 10.2 Å². The van der Waals surface area contributed by atoms with Crippen LogP contribution >= 0.6 is 0 Å². The molecule has 5 nitrogen and oxygen atoms in total. The molecule has 1 aromatic rings. The number of amides is 2. The largest absolute Gasteiger partial charge is 0.496 e. The van der Waals surface area contributed by atoms with Crippen molar-refractivity contribution in [2.45, 2.75) is 38.8 Å². The lowest BCUT2D eigenvalue weighted by atomic mass is 10.0. The minimum atomic E-state index is -0.146. The molecule has 0 aliphatic carbocycles. The normalized spacial score (nSPS) is 19.4. The number of carbonyl (C=O) groups excluding carboxylic acids is 1. The van der Waals surface area contributed by atoms with Gasteiger partial charge in [0, 0.05) is 12.1 Å². The Kier molecular flexibility index (Phi) is 5.07. The maximum atomic E-state index is 12.3. The molecular formula is C16H24N2O3. The summed E-state index contributed by atoms with van der Waals surface area (Å²) in [6.07, 6.45) is 1.81. The van der Waals surface area contributed by atoms with Gasteiger partial charge in [-0.3, -0.25) is 0 Å². The van der Waals surface area contributed by atoms with Gasteiger partial charge in [-0.1, -0.05) is 17.7 Å². The average molecular weight is 292 g/mol. The number of ether oxygens (including phenoxy) is 1. The molecule has 21 heavy (non-hydrogen) atoms. The van der Waals surface area contributed by atoms with Crippen LogP contribution < -0.4 is 10.1 Å². The van der Waals surface area contributed by atoms with Crippen LogP contribution in [0.1, 0.15) is 36.9 Å². The molecule has 1 fully saturated rings. The Morgan fingerprint density at radius 3 is 3.00 bits per heavy atom. The molecule has 2 atom stereocenters. The lowest BCUT2D eigenvalue weighted by molar-refractivity contribution is 0.155. The van der Waals surface area contributed by atoms with Crippen LogP contribution in [0.15, 0.2) is 18.2 Å². The first-order chi connectivity index (χ1) is 10.1. The van der Waals surface area contributed by atoms with Crippen molar-refractivity contribution in [3.8, 4) is 5.75 Å². The van der Waals surface area contributed by atoms with E-state index in [2.05, 4.69) is 5.32 Å². The summed E-state index contributed by atoms with van der Waals surface area (Å²) in [6.45, 7) is 4.68. The van der Waals surface area contributed by atoms with Gasteiger partial charge < -0.3 is 20.1 Å². The first-order valence-corrected chi connectivity index (χ1v) is 7.39. The quantitative estimate of drug-likeness (QED) is 0.894. The number of hydrogen-bond acceptors (Lipinski definition) is 3. The molecule has 0 saturated carbocycles.